The zero-order valence-electron chi connectivity index (χ0n) is 16.5. The molecule has 0 unspecified atom stereocenters. The molecule has 0 radical (unpaired) electrons. The fourth-order valence-corrected chi connectivity index (χ4v) is 3.75. The molecule has 4 aromatic rings. The molecule has 30 heavy (non-hydrogen) atoms. The number of fused-ring (bicyclic) bond motifs is 2. The predicted octanol–water partition coefficient (Wildman–Crippen LogP) is 4.26. The molecule has 2 N–H and O–H groups in total. The fraction of sp³-hybridized carbons (Fsp3) is 0.182. The molecule has 7 nitrogen and oxygen atoms in total. The van der Waals surface area contributed by atoms with Crippen LogP contribution in [0, 0.1) is 4.77 Å². The van der Waals surface area contributed by atoms with Crippen molar-refractivity contribution in [2.24, 2.45) is 0 Å². The van der Waals surface area contributed by atoms with Crippen LogP contribution in [0.25, 0.3) is 21.9 Å². The Bertz CT molecular complexity index is 1400. The van der Waals surface area contributed by atoms with Gasteiger partial charge in [0.05, 0.1) is 21.9 Å². The lowest BCUT2D eigenvalue weighted by Gasteiger charge is -2.10. The number of aromatic nitrogens is 4. The van der Waals surface area contributed by atoms with Gasteiger partial charge >= 0.3 is 0 Å². The summed E-state index contributed by atoms with van der Waals surface area (Å²) in [6.45, 7) is 6.78. The van der Waals surface area contributed by atoms with E-state index in [-0.39, 0.29) is 16.2 Å². The van der Waals surface area contributed by atoms with Crippen molar-refractivity contribution >= 4 is 46.0 Å². The van der Waals surface area contributed by atoms with Crippen molar-refractivity contribution in [3.8, 4) is 0 Å². The van der Waals surface area contributed by atoms with Crippen molar-refractivity contribution in [2.75, 3.05) is 5.32 Å². The maximum Gasteiger partial charge on any atom is 0.262 e. The van der Waals surface area contributed by atoms with Crippen LogP contribution in [0.5, 0.6) is 0 Å². The normalized spacial score (nSPS) is 11.1. The Morgan fingerprint density at radius 2 is 2.07 bits per heavy atom. The van der Waals surface area contributed by atoms with Crippen molar-refractivity contribution in [1.29, 1.82) is 0 Å². The number of H-pyrrole nitrogens is 1. The highest BCUT2D eigenvalue weighted by Gasteiger charge is 2.15. The Morgan fingerprint density at radius 3 is 2.83 bits per heavy atom. The van der Waals surface area contributed by atoms with E-state index in [1.165, 1.54) is 4.57 Å². The highest BCUT2D eigenvalue weighted by atomic mass is 32.1. The van der Waals surface area contributed by atoms with Gasteiger partial charge in [0.1, 0.15) is 0 Å². The van der Waals surface area contributed by atoms with Gasteiger partial charge in [0.15, 0.2) is 4.77 Å². The van der Waals surface area contributed by atoms with Crippen molar-refractivity contribution < 1.29 is 4.79 Å². The highest BCUT2D eigenvalue weighted by molar-refractivity contribution is 7.71. The summed E-state index contributed by atoms with van der Waals surface area (Å²) in [6.07, 6.45) is 2.52. The number of benzene rings is 2. The molecule has 0 bridgehead atoms. The van der Waals surface area contributed by atoms with Gasteiger partial charge in [-0.05, 0) is 49.0 Å². The van der Waals surface area contributed by atoms with E-state index in [1.54, 1.807) is 24.3 Å². The van der Waals surface area contributed by atoms with E-state index >= 15 is 0 Å². The Labute approximate surface area is 177 Å². The third kappa shape index (κ3) is 3.46. The summed E-state index contributed by atoms with van der Waals surface area (Å²) in [5.41, 5.74) is 2.50. The highest BCUT2D eigenvalue weighted by Crippen LogP contribution is 2.21. The molecule has 152 valence electrons. The number of carbonyl (C=O) groups excluding carboxylic acids is 1. The van der Waals surface area contributed by atoms with Crippen LogP contribution in [-0.4, -0.2) is 25.0 Å². The van der Waals surface area contributed by atoms with Crippen LogP contribution >= 0.6 is 12.2 Å². The molecule has 0 saturated heterocycles. The van der Waals surface area contributed by atoms with Crippen LogP contribution in [-0.2, 0) is 13.1 Å². The number of allylic oxidation sites excluding steroid dienone is 1. The number of nitrogens with one attached hydrogen (secondary N) is 2. The zero-order chi connectivity index (χ0) is 21.3. The van der Waals surface area contributed by atoms with Gasteiger partial charge in [0, 0.05) is 18.7 Å². The number of hydrogen-bond acceptors (Lipinski definition) is 4. The molecule has 2 aromatic heterocycles. The van der Waals surface area contributed by atoms with Crippen LogP contribution in [0.15, 0.2) is 59.9 Å². The van der Waals surface area contributed by atoms with Crippen LogP contribution in [0.1, 0.15) is 23.7 Å². The van der Waals surface area contributed by atoms with Gasteiger partial charge in [-0.3, -0.25) is 19.5 Å². The van der Waals surface area contributed by atoms with Crippen LogP contribution in [0.3, 0.4) is 0 Å². The molecule has 4 rings (SSSR count). The SMILES string of the molecule is C=CCn1c(=S)[nH]c2cc(C(=O)Nc3nc4ccccc4n3CCC)ccc2c1=O. The van der Waals surface area contributed by atoms with Crippen molar-refractivity contribution in [1.82, 2.24) is 19.1 Å². The molecule has 0 spiro atoms. The third-order valence-electron chi connectivity index (χ3n) is 4.88. The molecule has 0 atom stereocenters. The van der Waals surface area contributed by atoms with Gasteiger partial charge in [0.25, 0.3) is 11.5 Å². The number of anilines is 1. The lowest BCUT2D eigenvalue weighted by molar-refractivity contribution is 0.102. The first-order valence-corrected chi connectivity index (χ1v) is 10.1. The number of aryl methyl sites for hydroxylation is 1. The molecule has 0 aliphatic rings. The lowest BCUT2D eigenvalue weighted by atomic mass is 10.1. The maximum atomic E-state index is 12.9. The minimum absolute atomic E-state index is 0.217. The van der Waals surface area contributed by atoms with E-state index in [4.69, 9.17) is 12.2 Å². The molecule has 0 aliphatic carbocycles. The summed E-state index contributed by atoms with van der Waals surface area (Å²) in [4.78, 5) is 33.2. The standard InChI is InChI=1S/C22H21N5O2S/c1-3-11-26-18-8-6-5-7-16(18)23-21(26)25-19(28)14-9-10-15-17(13-14)24-22(30)27(12-4-2)20(15)29/h4-10,13H,2-3,11-12H2,1H3,(H,24,30)(H,23,25,28). The Kier molecular flexibility index (Phi) is 5.33. The van der Waals surface area contributed by atoms with Crippen molar-refractivity contribution in [3.63, 3.8) is 0 Å². The second-order valence-corrected chi connectivity index (χ2v) is 7.31. The van der Waals surface area contributed by atoms with Gasteiger partial charge < -0.3 is 9.55 Å². The quantitative estimate of drug-likeness (QED) is 0.361. The molecule has 0 aliphatic heterocycles. The first-order chi connectivity index (χ1) is 14.5. The van der Waals surface area contributed by atoms with Crippen molar-refractivity contribution in [3.05, 3.63) is 75.8 Å². The molecular weight excluding hydrogens is 398 g/mol. The lowest BCUT2D eigenvalue weighted by Crippen LogP contribution is -2.22. The van der Waals surface area contributed by atoms with E-state index in [2.05, 4.69) is 28.8 Å². The number of para-hydroxylation sites is 2. The summed E-state index contributed by atoms with van der Waals surface area (Å²) in [7, 11) is 0. The van der Waals surface area contributed by atoms with E-state index in [0.717, 1.165) is 24.0 Å². The molecule has 0 fully saturated rings. The Morgan fingerprint density at radius 1 is 1.27 bits per heavy atom. The maximum absolute atomic E-state index is 12.9. The minimum atomic E-state index is -0.306. The van der Waals surface area contributed by atoms with Gasteiger partial charge in [0.2, 0.25) is 5.95 Å². The summed E-state index contributed by atoms with van der Waals surface area (Å²) in [5.74, 6) is 0.191. The minimum Gasteiger partial charge on any atom is -0.332 e. The van der Waals surface area contributed by atoms with Crippen LogP contribution in [0.2, 0.25) is 0 Å². The number of imidazole rings is 1. The molecule has 2 aromatic carbocycles. The second kappa shape index (κ2) is 8.08. The van der Waals surface area contributed by atoms with E-state index in [0.29, 0.717) is 29.0 Å². The molecular formula is C22H21N5O2S. The van der Waals surface area contributed by atoms with Crippen molar-refractivity contribution in [2.45, 2.75) is 26.4 Å². The number of hydrogen-bond donors (Lipinski definition) is 2. The summed E-state index contributed by atoms with van der Waals surface area (Å²) < 4.78 is 3.71. The summed E-state index contributed by atoms with van der Waals surface area (Å²) >= 11 is 5.28. The Hall–Kier alpha value is -3.52. The number of carbonyl (C=O) groups is 1. The van der Waals surface area contributed by atoms with Gasteiger partial charge in [-0.1, -0.05) is 25.1 Å². The first kappa shape index (κ1) is 19.8. The Balaban J connectivity index is 1.72. The zero-order valence-corrected chi connectivity index (χ0v) is 17.3. The number of aromatic amines is 1. The van der Waals surface area contributed by atoms with Crippen LogP contribution in [0.4, 0.5) is 5.95 Å². The van der Waals surface area contributed by atoms with Gasteiger partial charge in [-0.25, -0.2) is 4.98 Å². The smallest absolute Gasteiger partial charge is 0.262 e. The number of nitrogens with zero attached hydrogens (tertiary/aromatic N) is 3. The first-order valence-electron chi connectivity index (χ1n) is 9.68. The van der Waals surface area contributed by atoms with Gasteiger partial charge in [-0.15, -0.1) is 6.58 Å². The van der Waals surface area contributed by atoms with E-state index in [9.17, 15) is 9.59 Å². The van der Waals surface area contributed by atoms with Gasteiger partial charge in [-0.2, -0.15) is 0 Å². The second-order valence-electron chi connectivity index (χ2n) is 6.92. The molecule has 8 heteroatoms. The molecule has 1 amide bonds. The van der Waals surface area contributed by atoms with E-state index < -0.39 is 0 Å². The third-order valence-corrected chi connectivity index (χ3v) is 5.21. The van der Waals surface area contributed by atoms with E-state index in [1.807, 2.05) is 28.8 Å². The topological polar surface area (TPSA) is 84.7 Å². The fourth-order valence-electron chi connectivity index (χ4n) is 3.49. The largest absolute Gasteiger partial charge is 0.332 e. The summed E-state index contributed by atoms with van der Waals surface area (Å²) in [5, 5.41) is 3.36. The predicted molar refractivity (Wildman–Crippen MR) is 122 cm³/mol. The van der Waals surface area contributed by atoms with Crippen LogP contribution < -0.4 is 10.9 Å². The monoisotopic (exact) mass is 419 g/mol. The average Bonchev–Trinajstić information content (AvgIpc) is 3.08. The molecule has 0 saturated carbocycles. The summed E-state index contributed by atoms with van der Waals surface area (Å²) in [6, 6.07) is 12.7. The average molecular weight is 420 g/mol. The number of amides is 1. The molecule has 2 heterocycles. The number of rotatable bonds is 6.